The van der Waals surface area contributed by atoms with Gasteiger partial charge in [0.25, 0.3) is 0 Å². The van der Waals surface area contributed by atoms with Crippen LogP contribution in [0.5, 0.6) is 0 Å². The van der Waals surface area contributed by atoms with Crippen molar-refractivity contribution in [3.8, 4) is 22.9 Å². The van der Waals surface area contributed by atoms with E-state index in [9.17, 15) is 0 Å². The Hall–Kier alpha value is -3.97. The highest BCUT2D eigenvalue weighted by atomic mass is 32.1. The summed E-state index contributed by atoms with van der Waals surface area (Å²) in [7, 11) is 0. The van der Waals surface area contributed by atoms with Crippen LogP contribution in [0.2, 0.25) is 0 Å². The maximum atomic E-state index is 5.57. The van der Waals surface area contributed by atoms with Crippen molar-refractivity contribution in [1.29, 1.82) is 0 Å². The molecule has 0 unspecified atom stereocenters. The van der Waals surface area contributed by atoms with Crippen molar-refractivity contribution in [3.05, 3.63) is 92.1 Å². The Morgan fingerprint density at radius 2 is 1.63 bits per heavy atom. The molecule has 7 heteroatoms. The number of benzene rings is 1. The van der Waals surface area contributed by atoms with Crippen LogP contribution < -0.4 is 10.6 Å². The van der Waals surface area contributed by atoms with Gasteiger partial charge in [0.1, 0.15) is 11.4 Å². The summed E-state index contributed by atoms with van der Waals surface area (Å²) in [6, 6.07) is 12.9. The number of hydrogen-bond acceptors (Lipinski definition) is 5. The number of hydrogen-bond donors (Lipinski definition) is 2. The van der Waals surface area contributed by atoms with Crippen LogP contribution in [0.1, 0.15) is 2.85 Å². The average molecular weight is 419 g/mol. The molecule has 0 bridgehead atoms. The number of thiocarbonyl (C=S) groups is 1. The molecule has 1 aromatic carbocycles. The van der Waals surface area contributed by atoms with Crippen LogP contribution >= 0.6 is 12.2 Å². The van der Waals surface area contributed by atoms with Gasteiger partial charge in [-0.25, -0.2) is 9.97 Å². The van der Waals surface area contributed by atoms with Crippen molar-refractivity contribution in [3.63, 3.8) is 0 Å². The lowest BCUT2D eigenvalue weighted by Crippen LogP contribution is -2.27. The van der Waals surface area contributed by atoms with Crippen molar-refractivity contribution in [2.24, 2.45) is 0 Å². The summed E-state index contributed by atoms with van der Waals surface area (Å²) in [5.74, 6) is 1.23. The number of nitrogens with one attached hydrogen (secondary N) is 2. The van der Waals surface area contributed by atoms with Gasteiger partial charge in [-0.15, -0.1) is 0 Å². The van der Waals surface area contributed by atoms with Gasteiger partial charge in [-0.1, -0.05) is 19.2 Å². The van der Waals surface area contributed by atoms with E-state index in [4.69, 9.17) is 31.0 Å². The Balaban J connectivity index is 0.00000181. The van der Waals surface area contributed by atoms with E-state index < -0.39 is 0 Å². The third-order valence-electron chi connectivity index (χ3n) is 4.21. The lowest BCUT2D eigenvalue weighted by molar-refractivity contribution is 0.572. The number of anilines is 1. The molecular formula is C23H22N4O2S. The smallest absolute Gasteiger partial charge is 0.175 e. The summed E-state index contributed by atoms with van der Waals surface area (Å²) in [6.07, 6.45) is 8.30. The van der Waals surface area contributed by atoms with Crippen LogP contribution in [0.4, 0.5) is 5.69 Å². The molecule has 0 aliphatic rings. The molecule has 3 aromatic heterocycles. The molecule has 0 aliphatic heterocycles. The molecule has 0 atom stereocenters. The fourth-order valence-corrected chi connectivity index (χ4v) is 3.12. The number of allylic oxidation sites excluding steroid dienone is 3. The van der Waals surface area contributed by atoms with Gasteiger partial charge in [0.2, 0.25) is 0 Å². The number of rotatable bonds is 6. The Kier molecular flexibility index (Phi) is 5.54. The molecule has 0 amide bonds. The highest BCUT2D eigenvalue weighted by Gasteiger charge is 2.17. The Bertz CT molecular complexity index is 1250. The van der Waals surface area contributed by atoms with E-state index in [0.717, 1.165) is 16.9 Å². The van der Waals surface area contributed by atoms with E-state index in [1.54, 1.807) is 30.8 Å². The first kappa shape index (κ1) is 19.4. The number of furan rings is 2. The second-order valence-electron chi connectivity index (χ2n) is 6.22. The van der Waals surface area contributed by atoms with Gasteiger partial charge in [0.15, 0.2) is 16.6 Å². The van der Waals surface area contributed by atoms with E-state index in [-0.39, 0.29) is 2.85 Å². The predicted molar refractivity (Wildman–Crippen MR) is 127 cm³/mol. The second kappa shape index (κ2) is 8.59. The van der Waals surface area contributed by atoms with Crippen molar-refractivity contribution < 1.29 is 11.7 Å². The number of nitrogens with zero attached hydrogens (tertiary/aromatic N) is 2. The van der Waals surface area contributed by atoms with Crippen LogP contribution in [0.25, 0.3) is 33.9 Å². The minimum Gasteiger partial charge on any atom is -0.463 e. The van der Waals surface area contributed by atoms with E-state index in [0.29, 0.717) is 33.5 Å². The second-order valence-corrected chi connectivity index (χ2v) is 6.63. The van der Waals surface area contributed by atoms with Gasteiger partial charge in [0, 0.05) is 14.2 Å². The van der Waals surface area contributed by atoms with Gasteiger partial charge in [-0.05, 0) is 66.8 Å². The molecule has 3 heterocycles. The maximum absolute atomic E-state index is 5.57. The normalized spacial score (nSPS) is 11.3. The summed E-state index contributed by atoms with van der Waals surface area (Å²) in [4.78, 5) is 9.54. The largest absolute Gasteiger partial charge is 0.463 e. The number of fused-ring (bicyclic) bond motifs is 1. The van der Waals surface area contributed by atoms with Gasteiger partial charge >= 0.3 is 0 Å². The first-order valence-electron chi connectivity index (χ1n) is 9.10. The van der Waals surface area contributed by atoms with Crippen LogP contribution in [0, 0.1) is 0 Å². The molecule has 0 aliphatic carbocycles. The zero-order chi connectivity index (χ0) is 20.9. The molecule has 0 saturated heterocycles. The monoisotopic (exact) mass is 418 g/mol. The molecule has 30 heavy (non-hydrogen) atoms. The van der Waals surface area contributed by atoms with Crippen LogP contribution in [-0.4, -0.2) is 15.1 Å². The molecule has 0 saturated carbocycles. The van der Waals surface area contributed by atoms with E-state index >= 15 is 0 Å². The fourth-order valence-electron chi connectivity index (χ4n) is 2.88. The Morgan fingerprint density at radius 3 is 2.20 bits per heavy atom. The van der Waals surface area contributed by atoms with E-state index in [1.165, 1.54) is 0 Å². The molecule has 2 N–H and O–H groups in total. The summed E-state index contributed by atoms with van der Waals surface area (Å²) in [6.45, 7) is 7.41. The summed E-state index contributed by atoms with van der Waals surface area (Å²) >= 11 is 5.37. The van der Waals surface area contributed by atoms with Gasteiger partial charge < -0.3 is 19.5 Å². The standard InChI is InChI=1S/C23H18N4O2S.2H2/c1-3-7-15(4-2)24-23(30)25-16-10-11-17-18(14-16)27-22(20-9-6-13-29-20)21(26-17)19-8-5-12-28-19;;/h3-14H,1-2H2,(H2,24,25,30);2*1H/b15-7+;;. The minimum atomic E-state index is 0. The molecule has 0 spiro atoms. The molecule has 0 radical (unpaired) electrons. The van der Waals surface area contributed by atoms with Gasteiger partial charge in [-0.2, -0.15) is 0 Å². The molecule has 4 rings (SSSR count). The lowest BCUT2D eigenvalue weighted by atomic mass is 10.1. The average Bonchev–Trinajstić information content (AvgIpc) is 3.46. The highest BCUT2D eigenvalue weighted by molar-refractivity contribution is 7.80. The van der Waals surface area contributed by atoms with Crippen LogP contribution in [0.15, 0.2) is 101 Å². The zero-order valence-electron chi connectivity index (χ0n) is 16.0. The van der Waals surface area contributed by atoms with Gasteiger partial charge in [-0.3, -0.25) is 0 Å². The summed E-state index contributed by atoms with van der Waals surface area (Å²) in [5.41, 5.74) is 4.14. The third-order valence-corrected chi connectivity index (χ3v) is 4.41. The maximum Gasteiger partial charge on any atom is 0.175 e. The van der Waals surface area contributed by atoms with Crippen molar-refractivity contribution >= 4 is 34.1 Å². The van der Waals surface area contributed by atoms with Crippen LogP contribution in [0.3, 0.4) is 0 Å². The topological polar surface area (TPSA) is 76.1 Å². The quantitative estimate of drug-likeness (QED) is 0.286. The molecule has 6 nitrogen and oxygen atoms in total. The zero-order valence-corrected chi connectivity index (χ0v) is 16.8. The van der Waals surface area contributed by atoms with Crippen LogP contribution in [-0.2, 0) is 0 Å². The lowest BCUT2D eigenvalue weighted by Gasteiger charge is -2.12. The Morgan fingerprint density at radius 1 is 0.967 bits per heavy atom. The minimum absolute atomic E-state index is 0. The Labute approximate surface area is 181 Å². The highest BCUT2D eigenvalue weighted by Crippen LogP contribution is 2.32. The van der Waals surface area contributed by atoms with Crippen molar-refractivity contribution in [1.82, 2.24) is 15.3 Å². The van der Waals surface area contributed by atoms with Gasteiger partial charge in [0.05, 0.1) is 23.6 Å². The molecule has 4 aromatic rings. The van der Waals surface area contributed by atoms with Crippen molar-refractivity contribution in [2.45, 2.75) is 0 Å². The van der Waals surface area contributed by atoms with Crippen molar-refractivity contribution in [2.75, 3.05) is 5.32 Å². The fraction of sp³-hybridized carbons (Fsp3) is 0. The molecule has 152 valence electrons. The summed E-state index contributed by atoms with van der Waals surface area (Å²) < 4.78 is 11.1. The predicted octanol–water partition coefficient (Wildman–Crippen LogP) is 6.18. The first-order valence-corrected chi connectivity index (χ1v) is 9.51. The third kappa shape index (κ3) is 4.06. The summed E-state index contributed by atoms with van der Waals surface area (Å²) in [5, 5.41) is 6.62. The molecular weight excluding hydrogens is 396 g/mol. The van der Waals surface area contributed by atoms with E-state index in [1.807, 2.05) is 42.5 Å². The SMILES string of the molecule is C=C/C=C(\C=C)NC(=S)Nc1ccc2nc(-c3ccco3)c(-c3ccco3)nc2c1.[HH].[HH]. The number of aromatic nitrogens is 2. The first-order chi connectivity index (χ1) is 14.7. The molecule has 0 fully saturated rings. The van der Waals surface area contributed by atoms with E-state index in [2.05, 4.69) is 23.8 Å².